The fourth-order valence-corrected chi connectivity index (χ4v) is 4.32. The van der Waals surface area contributed by atoms with Gasteiger partial charge in [-0.05, 0) is 49.9 Å². The average molecular weight is 549 g/mol. The second-order valence-electron chi connectivity index (χ2n) is 8.38. The number of rotatable bonds is 9. The summed E-state index contributed by atoms with van der Waals surface area (Å²) < 4.78 is 73.5. The molecule has 2 N–H and O–H groups in total. The van der Waals surface area contributed by atoms with Gasteiger partial charge < -0.3 is 9.88 Å². The number of imidazole rings is 1. The van der Waals surface area contributed by atoms with Crippen LogP contribution in [0, 0.1) is 6.92 Å². The Bertz CT molecular complexity index is 1340. The van der Waals surface area contributed by atoms with Crippen LogP contribution in [0.15, 0.2) is 30.5 Å². The summed E-state index contributed by atoms with van der Waals surface area (Å²) in [6.07, 6.45) is -4.43. The lowest BCUT2D eigenvalue weighted by molar-refractivity contribution is -0.141. The normalized spacial score (nSPS) is 13.2. The van der Waals surface area contributed by atoms with Gasteiger partial charge in [0.05, 0.1) is 17.1 Å². The van der Waals surface area contributed by atoms with E-state index in [2.05, 4.69) is 20.6 Å². The number of benzene rings is 1. The van der Waals surface area contributed by atoms with E-state index in [0.29, 0.717) is 22.6 Å². The molecule has 0 radical (unpaired) electrons. The smallest absolute Gasteiger partial charge is 0.322 e. The Morgan fingerprint density at radius 3 is 2.39 bits per heavy atom. The molecule has 3 rings (SSSR count). The van der Waals surface area contributed by atoms with Gasteiger partial charge >= 0.3 is 6.18 Å². The van der Waals surface area contributed by atoms with Gasteiger partial charge in [0, 0.05) is 11.2 Å². The molecule has 36 heavy (non-hydrogen) atoms. The topological polar surface area (TPSA) is 132 Å². The molecule has 0 aliphatic carbocycles. The molecule has 0 aliphatic rings. The number of amides is 1. The van der Waals surface area contributed by atoms with Crippen molar-refractivity contribution < 1.29 is 30.9 Å². The Morgan fingerprint density at radius 1 is 1.22 bits per heavy atom. The number of carbonyl (C=O) groups excluding carboxylic acids is 1. The van der Waals surface area contributed by atoms with Crippen LogP contribution in [-0.4, -0.2) is 49.2 Å². The molecular weight excluding hydrogens is 525 g/mol. The van der Waals surface area contributed by atoms with Crippen LogP contribution in [0.4, 0.5) is 19.0 Å². The molecule has 0 bridgehead atoms. The Labute approximate surface area is 210 Å². The molecule has 15 heteroatoms. The third-order valence-electron chi connectivity index (χ3n) is 5.29. The zero-order chi connectivity index (χ0) is 26.8. The lowest BCUT2D eigenvalue weighted by Crippen LogP contribution is -2.28. The minimum Gasteiger partial charge on any atom is -0.322 e. The van der Waals surface area contributed by atoms with Crippen LogP contribution in [0.3, 0.4) is 0 Å². The van der Waals surface area contributed by atoms with Crippen LogP contribution in [-0.2, 0) is 21.1 Å². The molecule has 0 fully saturated rings. The van der Waals surface area contributed by atoms with Crippen molar-refractivity contribution in [3.8, 4) is 5.69 Å². The van der Waals surface area contributed by atoms with Gasteiger partial charge in [-0.15, -0.1) is 5.10 Å². The van der Waals surface area contributed by atoms with Gasteiger partial charge in [-0.25, -0.2) is 9.67 Å². The number of anilines is 1. The van der Waals surface area contributed by atoms with E-state index in [1.165, 1.54) is 11.6 Å². The van der Waals surface area contributed by atoms with Gasteiger partial charge in [0.2, 0.25) is 5.91 Å². The predicted molar refractivity (Wildman–Crippen MR) is 126 cm³/mol. The maximum Gasteiger partial charge on any atom is 0.434 e. The lowest BCUT2D eigenvalue weighted by Gasteiger charge is -2.20. The second-order valence-corrected chi connectivity index (χ2v) is 10.4. The highest BCUT2D eigenvalue weighted by Gasteiger charge is 2.36. The number of hydrogen-bond acceptors (Lipinski definition) is 6. The summed E-state index contributed by atoms with van der Waals surface area (Å²) in [6.45, 7) is 4.99. The number of aryl methyl sites for hydroxylation is 1. The Hall–Kier alpha value is -2.97. The molecule has 0 aliphatic heterocycles. The van der Waals surface area contributed by atoms with Crippen LogP contribution in [0.25, 0.3) is 5.69 Å². The van der Waals surface area contributed by atoms with Crippen LogP contribution < -0.4 is 5.32 Å². The summed E-state index contributed by atoms with van der Waals surface area (Å²) in [5.41, 5.74) is -0.0362. The van der Waals surface area contributed by atoms with E-state index in [1.54, 1.807) is 24.3 Å². The van der Waals surface area contributed by atoms with Crippen LogP contribution in [0.1, 0.15) is 55.9 Å². The fraction of sp³-hybridized carbons (Fsp3) is 0.429. The molecule has 1 amide bonds. The maximum absolute atomic E-state index is 13.3. The van der Waals surface area contributed by atoms with Crippen molar-refractivity contribution in [2.75, 3.05) is 11.1 Å². The summed E-state index contributed by atoms with van der Waals surface area (Å²) in [5.74, 6) is -1.58. The largest absolute Gasteiger partial charge is 0.434 e. The fourth-order valence-electron chi connectivity index (χ4n) is 3.66. The number of aromatic nitrogens is 5. The van der Waals surface area contributed by atoms with Gasteiger partial charge in [-0.2, -0.15) is 21.6 Å². The maximum atomic E-state index is 13.3. The van der Waals surface area contributed by atoms with E-state index >= 15 is 0 Å². The first-order valence-corrected chi connectivity index (χ1v) is 12.8. The van der Waals surface area contributed by atoms with Crippen LogP contribution in [0.5, 0.6) is 0 Å². The number of nitrogens with one attached hydrogen (secondary N) is 1. The molecule has 1 aromatic carbocycles. The molecule has 196 valence electrons. The molecule has 0 saturated heterocycles. The lowest BCUT2D eigenvalue weighted by atomic mass is 10.1. The first kappa shape index (κ1) is 27.6. The second kappa shape index (κ2) is 10.6. The Kier molecular flexibility index (Phi) is 8.10. The van der Waals surface area contributed by atoms with Crippen molar-refractivity contribution in [3.05, 3.63) is 52.7 Å². The summed E-state index contributed by atoms with van der Waals surface area (Å²) in [5, 5.41) is 11.3. The third kappa shape index (κ3) is 6.62. The first-order chi connectivity index (χ1) is 16.7. The molecule has 2 heterocycles. The highest BCUT2D eigenvalue weighted by Crippen LogP contribution is 2.31. The van der Waals surface area contributed by atoms with Crippen molar-refractivity contribution in [1.82, 2.24) is 24.5 Å². The number of halogens is 4. The van der Waals surface area contributed by atoms with E-state index < -0.39 is 39.7 Å². The number of nitrogens with zero attached hydrogens (tertiary/aromatic N) is 5. The zero-order valence-corrected chi connectivity index (χ0v) is 21.1. The summed E-state index contributed by atoms with van der Waals surface area (Å²) in [6, 6.07) is 5.47. The van der Waals surface area contributed by atoms with Gasteiger partial charge in [0.1, 0.15) is 11.9 Å². The summed E-state index contributed by atoms with van der Waals surface area (Å²) in [7, 11) is -4.33. The van der Waals surface area contributed by atoms with E-state index in [4.69, 9.17) is 16.2 Å². The van der Waals surface area contributed by atoms with E-state index in [-0.39, 0.29) is 30.4 Å². The SMILES string of the molecule is Cc1nc(C(F)(F)F)cn1[C@@H](CCCS(=O)(=O)O)C(=O)Nc1nnn(-c2ccc(Cl)cc2)c1C(C)C. The monoisotopic (exact) mass is 548 g/mol. The Balaban J connectivity index is 1.96. The van der Waals surface area contributed by atoms with Crippen molar-refractivity contribution in [3.63, 3.8) is 0 Å². The van der Waals surface area contributed by atoms with Gasteiger partial charge in [-0.3, -0.25) is 9.35 Å². The minimum absolute atomic E-state index is 0.0942. The van der Waals surface area contributed by atoms with Gasteiger partial charge in [0.15, 0.2) is 11.5 Å². The molecule has 3 aromatic rings. The molecule has 1 atom stereocenters. The molecule has 0 saturated carbocycles. The quantitative estimate of drug-likeness (QED) is 0.378. The molecule has 10 nitrogen and oxygen atoms in total. The minimum atomic E-state index is -4.74. The van der Waals surface area contributed by atoms with Gasteiger partial charge in [0.25, 0.3) is 10.1 Å². The zero-order valence-electron chi connectivity index (χ0n) is 19.5. The van der Waals surface area contributed by atoms with Gasteiger partial charge in [-0.1, -0.05) is 30.7 Å². The highest BCUT2D eigenvalue weighted by atomic mass is 35.5. The number of carbonyl (C=O) groups is 1. The molecular formula is C21H24ClF3N6O4S. The molecule has 0 unspecified atom stereocenters. The number of alkyl halides is 3. The van der Waals surface area contributed by atoms with E-state index in [0.717, 1.165) is 4.57 Å². The molecule has 0 spiro atoms. The van der Waals surface area contributed by atoms with Crippen molar-refractivity contribution >= 4 is 33.4 Å². The molecule has 2 aromatic heterocycles. The predicted octanol–water partition coefficient (Wildman–Crippen LogP) is 4.42. The van der Waals surface area contributed by atoms with Crippen molar-refractivity contribution in [1.29, 1.82) is 0 Å². The summed E-state index contributed by atoms with van der Waals surface area (Å²) in [4.78, 5) is 16.8. The van der Waals surface area contributed by atoms with Crippen LogP contribution >= 0.6 is 11.6 Å². The number of hydrogen-bond donors (Lipinski definition) is 2. The standard InChI is InChI=1S/C21H24ClF3N6O4S/c1-12(2)18-19(28-29-31(18)15-8-6-14(22)7-9-15)27-20(32)16(5-4-10-36(33,34)35)30-11-17(21(23,24)25)26-13(30)3/h6-9,11-12,16H,4-5,10H2,1-3H3,(H,27,32)(H,33,34,35)/t16-/m0/s1. The van der Waals surface area contributed by atoms with Crippen molar-refractivity contribution in [2.45, 2.75) is 51.7 Å². The van der Waals surface area contributed by atoms with E-state index in [1.807, 2.05) is 13.8 Å². The highest BCUT2D eigenvalue weighted by molar-refractivity contribution is 7.85. The first-order valence-electron chi connectivity index (χ1n) is 10.8. The average Bonchev–Trinajstić information content (AvgIpc) is 3.34. The van der Waals surface area contributed by atoms with Crippen LogP contribution in [0.2, 0.25) is 5.02 Å². The Morgan fingerprint density at radius 2 is 1.86 bits per heavy atom. The van der Waals surface area contributed by atoms with E-state index in [9.17, 15) is 26.4 Å². The van der Waals surface area contributed by atoms with Crippen molar-refractivity contribution in [2.24, 2.45) is 0 Å². The summed E-state index contributed by atoms with van der Waals surface area (Å²) >= 11 is 5.95. The third-order valence-corrected chi connectivity index (χ3v) is 6.35.